The third kappa shape index (κ3) is 5.72. The van der Waals surface area contributed by atoms with E-state index < -0.39 is 0 Å². The molecular weight excluding hydrogens is 687 g/mol. The summed E-state index contributed by atoms with van der Waals surface area (Å²) < 4.78 is 0. The lowest BCUT2D eigenvalue weighted by molar-refractivity contribution is 1.28. The van der Waals surface area contributed by atoms with Gasteiger partial charge in [-0.25, -0.2) is 0 Å². The molecule has 0 saturated heterocycles. The number of anilines is 3. The number of hydrogen-bond acceptors (Lipinski definition) is 1. The van der Waals surface area contributed by atoms with Crippen LogP contribution in [0.4, 0.5) is 17.1 Å². The Morgan fingerprint density at radius 2 is 0.789 bits per heavy atom. The molecule has 0 fully saturated rings. The Balaban J connectivity index is 1.06. The van der Waals surface area contributed by atoms with Crippen molar-refractivity contribution in [1.29, 1.82) is 0 Å². The molecule has 1 nitrogen and oxygen atoms in total. The van der Waals surface area contributed by atoms with Crippen LogP contribution in [0.5, 0.6) is 0 Å². The first-order valence-corrected chi connectivity index (χ1v) is 19.7. The molecule has 0 heterocycles. The molecule has 0 aliphatic carbocycles. The van der Waals surface area contributed by atoms with Crippen LogP contribution in [0.25, 0.3) is 87.2 Å². The van der Waals surface area contributed by atoms with E-state index in [0.717, 1.165) is 17.1 Å². The van der Waals surface area contributed by atoms with Gasteiger partial charge in [-0.2, -0.15) is 0 Å². The Morgan fingerprint density at radius 3 is 1.56 bits per heavy atom. The molecular formula is C56H37N. The highest BCUT2D eigenvalue weighted by molar-refractivity contribution is 6.21. The topological polar surface area (TPSA) is 3.24 Å². The molecule has 1 heteroatoms. The third-order valence-corrected chi connectivity index (χ3v) is 11.6. The summed E-state index contributed by atoms with van der Waals surface area (Å²) in [6, 6.07) is 82.0. The van der Waals surface area contributed by atoms with Crippen molar-refractivity contribution in [3.05, 3.63) is 224 Å². The van der Waals surface area contributed by atoms with E-state index in [1.807, 2.05) is 0 Å². The Hall–Kier alpha value is -7.48. The van der Waals surface area contributed by atoms with E-state index in [-0.39, 0.29) is 0 Å². The molecule has 0 N–H and O–H groups in total. The predicted octanol–water partition coefficient (Wildman–Crippen LogP) is 15.9. The third-order valence-electron chi connectivity index (χ3n) is 11.6. The standard InChI is InChI=1S/C56H37N/c1-3-13-39(14-4-1)53-37-45(52-36-44-16-8-9-19-48(44)50-21-11-12-22-51(50)52)31-34-55(53)57(46-17-5-2-6-18-46)47-32-29-38(30-33-47)43-28-25-41-24-27-42-26-23-40-15-7-10-20-49(40)56(42)54(41)35-43/h1-37H. The van der Waals surface area contributed by atoms with Crippen LogP contribution in [0.15, 0.2) is 224 Å². The Kier molecular flexibility index (Phi) is 7.89. The van der Waals surface area contributed by atoms with Crippen molar-refractivity contribution in [2.24, 2.45) is 0 Å². The minimum atomic E-state index is 1.10. The molecule has 0 radical (unpaired) electrons. The number of hydrogen-bond donors (Lipinski definition) is 0. The van der Waals surface area contributed by atoms with Crippen LogP contribution < -0.4 is 4.90 Å². The normalized spacial score (nSPS) is 11.5. The average Bonchev–Trinajstić information content (AvgIpc) is 3.29. The Morgan fingerprint density at radius 1 is 0.246 bits per heavy atom. The van der Waals surface area contributed by atoms with E-state index in [1.165, 1.54) is 87.2 Å². The zero-order valence-electron chi connectivity index (χ0n) is 31.3. The number of para-hydroxylation sites is 1. The second kappa shape index (κ2) is 13.7. The summed E-state index contributed by atoms with van der Waals surface area (Å²) in [5.41, 5.74) is 10.5. The van der Waals surface area contributed by atoms with Gasteiger partial charge in [-0.05, 0) is 130 Å². The van der Waals surface area contributed by atoms with Gasteiger partial charge in [0.2, 0.25) is 0 Å². The Labute approximate surface area is 332 Å². The fourth-order valence-electron chi connectivity index (χ4n) is 8.85. The summed E-state index contributed by atoms with van der Waals surface area (Å²) in [5, 5.41) is 12.7. The smallest absolute Gasteiger partial charge is 0.0540 e. The summed E-state index contributed by atoms with van der Waals surface area (Å²) in [6.45, 7) is 0. The van der Waals surface area contributed by atoms with Crippen molar-refractivity contribution in [3.63, 3.8) is 0 Å². The van der Waals surface area contributed by atoms with Gasteiger partial charge < -0.3 is 4.90 Å². The van der Waals surface area contributed by atoms with E-state index in [4.69, 9.17) is 0 Å². The van der Waals surface area contributed by atoms with Crippen molar-refractivity contribution in [2.45, 2.75) is 0 Å². The van der Waals surface area contributed by atoms with Crippen LogP contribution >= 0.6 is 0 Å². The van der Waals surface area contributed by atoms with Crippen molar-refractivity contribution in [1.82, 2.24) is 0 Å². The van der Waals surface area contributed by atoms with Crippen LogP contribution in [0.3, 0.4) is 0 Å². The lowest BCUT2D eigenvalue weighted by atomic mass is 9.91. The monoisotopic (exact) mass is 723 g/mol. The SMILES string of the molecule is c1ccc(-c2cc(-c3cc4ccccc4c4ccccc34)ccc2N(c2ccccc2)c2ccc(-c3ccc4ccc5ccc6ccccc6c5c4c3)cc2)cc1. The van der Waals surface area contributed by atoms with Crippen molar-refractivity contribution in [2.75, 3.05) is 4.90 Å². The van der Waals surface area contributed by atoms with Crippen LogP contribution in [0.2, 0.25) is 0 Å². The van der Waals surface area contributed by atoms with Crippen LogP contribution in [0.1, 0.15) is 0 Å². The van der Waals surface area contributed by atoms with E-state index >= 15 is 0 Å². The highest BCUT2D eigenvalue weighted by atomic mass is 15.1. The maximum absolute atomic E-state index is 2.40. The summed E-state index contributed by atoms with van der Waals surface area (Å²) in [4.78, 5) is 2.40. The molecule has 11 aromatic carbocycles. The molecule has 266 valence electrons. The quantitative estimate of drug-likeness (QED) is 0.154. The summed E-state index contributed by atoms with van der Waals surface area (Å²) in [7, 11) is 0. The molecule has 11 aromatic rings. The number of rotatable bonds is 6. The van der Waals surface area contributed by atoms with E-state index in [1.54, 1.807) is 0 Å². The predicted molar refractivity (Wildman–Crippen MR) is 245 cm³/mol. The highest BCUT2D eigenvalue weighted by Crippen LogP contribution is 2.45. The molecule has 0 unspecified atom stereocenters. The van der Waals surface area contributed by atoms with E-state index in [0.29, 0.717) is 0 Å². The minimum absolute atomic E-state index is 1.10. The molecule has 0 saturated carbocycles. The lowest BCUT2D eigenvalue weighted by Gasteiger charge is -2.28. The maximum Gasteiger partial charge on any atom is 0.0540 e. The average molecular weight is 724 g/mol. The second-order valence-electron chi connectivity index (χ2n) is 14.9. The first kappa shape index (κ1) is 32.9. The van der Waals surface area contributed by atoms with Gasteiger partial charge in [0.15, 0.2) is 0 Å². The zero-order valence-corrected chi connectivity index (χ0v) is 31.3. The fraction of sp³-hybridized carbons (Fsp3) is 0. The number of benzene rings is 11. The van der Waals surface area contributed by atoms with Gasteiger partial charge in [0.25, 0.3) is 0 Å². The molecule has 0 aromatic heterocycles. The largest absolute Gasteiger partial charge is 0.310 e. The van der Waals surface area contributed by atoms with Gasteiger partial charge >= 0.3 is 0 Å². The fourth-order valence-corrected chi connectivity index (χ4v) is 8.85. The van der Waals surface area contributed by atoms with E-state index in [9.17, 15) is 0 Å². The van der Waals surface area contributed by atoms with Crippen LogP contribution in [-0.2, 0) is 0 Å². The summed E-state index contributed by atoms with van der Waals surface area (Å²) in [5.74, 6) is 0. The van der Waals surface area contributed by atoms with Gasteiger partial charge in [0.1, 0.15) is 0 Å². The zero-order chi connectivity index (χ0) is 37.7. The highest BCUT2D eigenvalue weighted by Gasteiger charge is 2.19. The number of fused-ring (bicyclic) bond motifs is 8. The molecule has 0 aliphatic heterocycles. The summed E-state index contributed by atoms with van der Waals surface area (Å²) in [6.07, 6.45) is 0. The molecule has 0 spiro atoms. The van der Waals surface area contributed by atoms with Gasteiger partial charge in [0.05, 0.1) is 5.69 Å². The lowest BCUT2D eigenvalue weighted by Crippen LogP contribution is -2.11. The molecule has 0 atom stereocenters. The van der Waals surface area contributed by atoms with Gasteiger partial charge in [-0.15, -0.1) is 0 Å². The second-order valence-corrected chi connectivity index (χ2v) is 14.9. The summed E-state index contributed by atoms with van der Waals surface area (Å²) >= 11 is 0. The molecule has 0 amide bonds. The Bertz CT molecular complexity index is 3270. The molecule has 0 bridgehead atoms. The van der Waals surface area contributed by atoms with Gasteiger partial charge in [-0.3, -0.25) is 0 Å². The molecule has 0 aliphatic rings. The van der Waals surface area contributed by atoms with E-state index in [2.05, 4.69) is 229 Å². The van der Waals surface area contributed by atoms with Crippen LogP contribution in [0, 0.1) is 0 Å². The van der Waals surface area contributed by atoms with Gasteiger partial charge in [-0.1, -0.05) is 176 Å². The maximum atomic E-state index is 2.40. The van der Waals surface area contributed by atoms with Crippen molar-refractivity contribution in [3.8, 4) is 33.4 Å². The number of nitrogens with zero attached hydrogens (tertiary/aromatic N) is 1. The molecule has 57 heavy (non-hydrogen) atoms. The van der Waals surface area contributed by atoms with Crippen molar-refractivity contribution >= 4 is 70.9 Å². The van der Waals surface area contributed by atoms with Crippen molar-refractivity contribution < 1.29 is 0 Å². The minimum Gasteiger partial charge on any atom is -0.310 e. The van der Waals surface area contributed by atoms with Crippen LogP contribution in [-0.4, -0.2) is 0 Å². The first-order chi connectivity index (χ1) is 28.3. The first-order valence-electron chi connectivity index (χ1n) is 19.7. The molecule has 11 rings (SSSR count). The van der Waals surface area contributed by atoms with Gasteiger partial charge in [0, 0.05) is 16.9 Å².